The highest BCUT2D eigenvalue weighted by molar-refractivity contribution is 8.00. The van der Waals surface area contributed by atoms with Crippen LogP contribution in [0.2, 0.25) is 0 Å². The Bertz CT molecular complexity index is 635. The van der Waals surface area contributed by atoms with Crippen LogP contribution < -0.4 is 5.32 Å². The number of rotatable bonds is 5. The first kappa shape index (κ1) is 16.5. The fraction of sp³-hybridized carbons (Fsp3) is 0.353. The molecule has 22 heavy (non-hydrogen) atoms. The van der Waals surface area contributed by atoms with Gasteiger partial charge in [0.15, 0.2) is 5.16 Å². The molecule has 1 aromatic heterocycles. The van der Waals surface area contributed by atoms with Gasteiger partial charge in [0.05, 0.1) is 5.25 Å². The van der Waals surface area contributed by atoms with Crippen LogP contribution in [-0.2, 0) is 11.3 Å². The van der Waals surface area contributed by atoms with Crippen molar-refractivity contribution >= 4 is 17.7 Å². The Labute approximate surface area is 135 Å². The molecule has 2 aromatic rings. The van der Waals surface area contributed by atoms with Crippen LogP contribution in [0.1, 0.15) is 29.4 Å². The topological polar surface area (TPSA) is 54.9 Å². The maximum Gasteiger partial charge on any atom is 0.233 e. The van der Waals surface area contributed by atoms with E-state index in [2.05, 4.69) is 15.3 Å². The quantitative estimate of drug-likeness (QED) is 0.680. The van der Waals surface area contributed by atoms with Gasteiger partial charge in [-0.1, -0.05) is 42.1 Å². The van der Waals surface area contributed by atoms with Gasteiger partial charge in [-0.05, 0) is 38.8 Å². The van der Waals surface area contributed by atoms with Crippen LogP contribution in [0, 0.1) is 20.8 Å². The van der Waals surface area contributed by atoms with E-state index >= 15 is 0 Å². The highest BCUT2D eigenvalue weighted by Crippen LogP contribution is 2.21. The number of nitrogens with zero attached hydrogens (tertiary/aromatic N) is 2. The Morgan fingerprint density at radius 2 is 1.73 bits per heavy atom. The van der Waals surface area contributed by atoms with Gasteiger partial charge < -0.3 is 5.32 Å². The summed E-state index contributed by atoms with van der Waals surface area (Å²) in [6.45, 7) is 8.35. The first-order valence-electron chi connectivity index (χ1n) is 7.27. The molecule has 1 amide bonds. The van der Waals surface area contributed by atoms with Gasteiger partial charge in [-0.3, -0.25) is 4.79 Å². The van der Waals surface area contributed by atoms with E-state index in [-0.39, 0.29) is 11.2 Å². The Morgan fingerprint density at radius 3 is 2.32 bits per heavy atom. The van der Waals surface area contributed by atoms with Gasteiger partial charge in [-0.25, -0.2) is 9.97 Å². The van der Waals surface area contributed by atoms with Gasteiger partial charge >= 0.3 is 0 Å². The second-order valence-electron chi connectivity index (χ2n) is 5.27. The zero-order chi connectivity index (χ0) is 16.1. The van der Waals surface area contributed by atoms with Gasteiger partial charge in [0.25, 0.3) is 0 Å². The van der Waals surface area contributed by atoms with E-state index in [0.29, 0.717) is 11.7 Å². The lowest BCUT2D eigenvalue weighted by molar-refractivity contribution is -0.120. The largest absolute Gasteiger partial charge is 0.351 e. The molecule has 1 heterocycles. The van der Waals surface area contributed by atoms with E-state index < -0.39 is 0 Å². The van der Waals surface area contributed by atoms with Crippen LogP contribution in [0.5, 0.6) is 0 Å². The Kier molecular flexibility index (Phi) is 5.55. The van der Waals surface area contributed by atoms with Gasteiger partial charge in [0.2, 0.25) is 5.91 Å². The summed E-state index contributed by atoms with van der Waals surface area (Å²) in [7, 11) is 0. The minimum Gasteiger partial charge on any atom is -0.351 e. The Balaban J connectivity index is 1.94. The number of carbonyl (C=O) groups is 1. The standard InChI is InChI=1S/C17H21N3OS/c1-11-12(2)19-17(20-13(11)3)22-14(4)16(21)18-10-15-8-6-5-7-9-15/h5-9,14H,10H2,1-4H3,(H,18,21)/t14-/m1/s1. The lowest BCUT2D eigenvalue weighted by atomic mass is 10.2. The number of hydrogen-bond acceptors (Lipinski definition) is 4. The minimum atomic E-state index is -0.231. The number of aryl methyl sites for hydroxylation is 2. The van der Waals surface area contributed by atoms with Crippen molar-refractivity contribution in [2.45, 2.75) is 44.6 Å². The first-order chi connectivity index (χ1) is 10.5. The lowest BCUT2D eigenvalue weighted by Gasteiger charge is -2.12. The molecule has 0 spiro atoms. The molecular formula is C17H21N3OS. The highest BCUT2D eigenvalue weighted by Gasteiger charge is 2.16. The van der Waals surface area contributed by atoms with E-state index in [1.165, 1.54) is 11.8 Å². The van der Waals surface area contributed by atoms with Gasteiger partial charge in [0.1, 0.15) is 0 Å². The smallest absolute Gasteiger partial charge is 0.233 e. The fourth-order valence-electron chi connectivity index (χ4n) is 1.93. The Hall–Kier alpha value is -1.88. The van der Waals surface area contributed by atoms with E-state index in [0.717, 1.165) is 22.5 Å². The fourth-order valence-corrected chi connectivity index (χ4v) is 2.82. The average Bonchev–Trinajstić information content (AvgIpc) is 2.51. The molecule has 0 saturated heterocycles. The molecule has 116 valence electrons. The normalized spacial score (nSPS) is 12.0. The summed E-state index contributed by atoms with van der Waals surface area (Å²) >= 11 is 1.39. The van der Waals surface area contributed by atoms with Crippen LogP contribution in [0.4, 0.5) is 0 Å². The summed E-state index contributed by atoms with van der Waals surface area (Å²) in [5.41, 5.74) is 4.12. The van der Waals surface area contributed by atoms with Crippen LogP contribution in [-0.4, -0.2) is 21.1 Å². The third-order valence-electron chi connectivity index (χ3n) is 3.57. The summed E-state index contributed by atoms with van der Waals surface area (Å²) in [5, 5.41) is 3.37. The van der Waals surface area contributed by atoms with Crippen molar-refractivity contribution in [1.82, 2.24) is 15.3 Å². The molecule has 0 unspecified atom stereocenters. The summed E-state index contributed by atoms with van der Waals surface area (Å²) in [6, 6.07) is 9.88. The number of aromatic nitrogens is 2. The highest BCUT2D eigenvalue weighted by atomic mass is 32.2. The molecule has 0 saturated carbocycles. The number of amides is 1. The molecule has 2 rings (SSSR count). The molecule has 1 aromatic carbocycles. The van der Waals surface area contributed by atoms with E-state index in [9.17, 15) is 4.79 Å². The maximum atomic E-state index is 12.2. The van der Waals surface area contributed by atoms with Crippen molar-refractivity contribution < 1.29 is 4.79 Å². The van der Waals surface area contributed by atoms with Gasteiger partial charge in [0, 0.05) is 17.9 Å². The number of hydrogen-bond donors (Lipinski definition) is 1. The van der Waals surface area contributed by atoms with Crippen molar-refractivity contribution in [3.8, 4) is 0 Å². The molecule has 0 aliphatic rings. The zero-order valence-corrected chi connectivity index (χ0v) is 14.2. The van der Waals surface area contributed by atoms with E-state index in [1.54, 1.807) is 0 Å². The predicted octanol–water partition coefficient (Wildman–Crippen LogP) is 3.20. The van der Waals surface area contributed by atoms with Crippen LogP contribution in [0.15, 0.2) is 35.5 Å². The lowest BCUT2D eigenvalue weighted by Crippen LogP contribution is -2.30. The van der Waals surface area contributed by atoms with Crippen molar-refractivity contribution in [1.29, 1.82) is 0 Å². The van der Waals surface area contributed by atoms with Crippen molar-refractivity contribution in [3.63, 3.8) is 0 Å². The number of carbonyl (C=O) groups excluding carboxylic acids is 1. The van der Waals surface area contributed by atoms with E-state index in [4.69, 9.17) is 0 Å². The van der Waals surface area contributed by atoms with E-state index in [1.807, 2.05) is 58.0 Å². The van der Waals surface area contributed by atoms with Crippen LogP contribution in [0.3, 0.4) is 0 Å². The predicted molar refractivity (Wildman–Crippen MR) is 89.9 cm³/mol. The molecule has 1 atom stereocenters. The summed E-state index contributed by atoms with van der Waals surface area (Å²) in [5.74, 6) is -0.00617. The number of nitrogens with one attached hydrogen (secondary N) is 1. The second kappa shape index (κ2) is 7.40. The van der Waals surface area contributed by atoms with Crippen LogP contribution >= 0.6 is 11.8 Å². The van der Waals surface area contributed by atoms with Crippen LogP contribution in [0.25, 0.3) is 0 Å². The molecule has 0 bridgehead atoms. The molecule has 0 aliphatic carbocycles. The second-order valence-corrected chi connectivity index (χ2v) is 6.57. The molecule has 4 nitrogen and oxygen atoms in total. The SMILES string of the molecule is Cc1nc(S[C@H](C)C(=O)NCc2ccccc2)nc(C)c1C. The molecule has 5 heteroatoms. The van der Waals surface area contributed by atoms with Gasteiger partial charge in [-0.15, -0.1) is 0 Å². The molecule has 0 aliphatic heterocycles. The maximum absolute atomic E-state index is 12.2. The third kappa shape index (κ3) is 4.31. The van der Waals surface area contributed by atoms with Gasteiger partial charge in [-0.2, -0.15) is 0 Å². The summed E-state index contributed by atoms with van der Waals surface area (Å²) < 4.78 is 0. The number of benzene rings is 1. The molecule has 0 fully saturated rings. The average molecular weight is 315 g/mol. The monoisotopic (exact) mass is 315 g/mol. The van der Waals surface area contributed by atoms with Crippen molar-refractivity contribution in [2.75, 3.05) is 0 Å². The Morgan fingerprint density at radius 1 is 1.14 bits per heavy atom. The summed E-state index contributed by atoms with van der Waals surface area (Å²) in [6.07, 6.45) is 0. The third-order valence-corrected chi connectivity index (χ3v) is 4.53. The van der Waals surface area contributed by atoms with Crippen molar-refractivity contribution in [2.24, 2.45) is 0 Å². The molecule has 0 radical (unpaired) electrons. The molecule has 1 N–H and O–H groups in total. The zero-order valence-electron chi connectivity index (χ0n) is 13.4. The first-order valence-corrected chi connectivity index (χ1v) is 8.15. The molecular weight excluding hydrogens is 294 g/mol. The summed E-state index contributed by atoms with van der Waals surface area (Å²) in [4.78, 5) is 21.1. The number of thioether (sulfide) groups is 1. The minimum absolute atomic E-state index is 0.00617. The van der Waals surface area contributed by atoms with Crippen molar-refractivity contribution in [3.05, 3.63) is 52.8 Å².